The highest BCUT2D eigenvalue weighted by Gasteiger charge is 2.14. The summed E-state index contributed by atoms with van der Waals surface area (Å²) < 4.78 is 11.3. The van der Waals surface area contributed by atoms with Crippen molar-refractivity contribution < 1.29 is 14.3 Å². The van der Waals surface area contributed by atoms with E-state index in [-0.39, 0.29) is 18.5 Å². The normalized spacial score (nSPS) is 12.0. The maximum atomic E-state index is 12.2. The number of nitrogens with one attached hydrogen (secondary N) is 2. The molecule has 2 aromatic carbocycles. The molecular weight excluding hydrogens is 396 g/mol. The van der Waals surface area contributed by atoms with Gasteiger partial charge in [-0.05, 0) is 36.2 Å². The van der Waals surface area contributed by atoms with Crippen molar-refractivity contribution in [3.63, 3.8) is 0 Å². The Bertz CT molecular complexity index is 976. The Morgan fingerprint density at radius 1 is 1.11 bits per heavy atom. The zero-order chi connectivity index (χ0) is 19.3. The summed E-state index contributed by atoms with van der Waals surface area (Å²) in [6.45, 7) is 2.33. The first-order valence-corrected chi connectivity index (χ1v) is 10.5. The summed E-state index contributed by atoms with van der Waals surface area (Å²) in [5, 5.41) is 15.0. The van der Waals surface area contributed by atoms with Crippen molar-refractivity contribution in [2.24, 2.45) is 0 Å². The number of rotatable bonds is 7. The standard InChI is InChI=1S/C19H18N4O3S2/c1-2-12-3-5-13(6-4-12)21-18-22-23-19(28-18)27-10-17(24)20-14-7-8-15-16(9-14)26-11-25-15/h3-9H,2,10-11H2,1H3,(H,20,24)(H,21,22). The lowest BCUT2D eigenvalue weighted by atomic mass is 10.1. The molecule has 2 N–H and O–H groups in total. The number of carbonyl (C=O) groups is 1. The van der Waals surface area contributed by atoms with Crippen LogP contribution in [0.4, 0.5) is 16.5 Å². The van der Waals surface area contributed by atoms with Gasteiger partial charge in [0.05, 0.1) is 5.75 Å². The van der Waals surface area contributed by atoms with Crippen LogP contribution in [0.3, 0.4) is 0 Å². The van der Waals surface area contributed by atoms with Gasteiger partial charge in [-0.15, -0.1) is 10.2 Å². The highest BCUT2D eigenvalue weighted by molar-refractivity contribution is 8.01. The van der Waals surface area contributed by atoms with Crippen molar-refractivity contribution in [3.05, 3.63) is 48.0 Å². The number of hydrogen-bond donors (Lipinski definition) is 2. The molecule has 0 saturated heterocycles. The third kappa shape index (κ3) is 4.55. The van der Waals surface area contributed by atoms with Crippen LogP contribution in [0.25, 0.3) is 0 Å². The molecule has 0 aliphatic carbocycles. The lowest BCUT2D eigenvalue weighted by molar-refractivity contribution is -0.113. The van der Waals surface area contributed by atoms with Gasteiger partial charge in [0.2, 0.25) is 17.8 Å². The van der Waals surface area contributed by atoms with E-state index >= 15 is 0 Å². The summed E-state index contributed by atoms with van der Waals surface area (Å²) in [6.07, 6.45) is 1.01. The van der Waals surface area contributed by atoms with Crippen LogP contribution < -0.4 is 20.1 Å². The van der Waals surface area contributed by atoms with E-state index < -0.39 is 0 Å². The Hall–Kier alpha value is -2.78. The molecule has 0 bridgehead atoms. The van der Waals surface area contributed by atoms with Crippen molar-refractivity contribution >= 4 is 45.5 Å². The topological polar surface area (TPSA) is 85.4 Å². The fourth-order valence-electron chi connectivity index (χ4n) is 2.56. The summed E-state index contributed by atoms with van der Waals surface area (Å²) in [7, 11) is 0. The Labute approximate surface area is 170 Å². The molecule has 0 fully saturated rings. The molecule has 1 aromatic heterocycles. The molecule has 4 rings (SSSR count). The summed E-state index contributed by atoms with van der Waals surface area (Å²) in [5.74, 6) is 1.44. The van der Waals surface area contributed by atoms with E-state index in [0.29, 0.717) is 22.3 Å². The number of carbonyl (C=O) groups excluding carboxylic acids is 1. The lowest BCUT2D eigenvalue weighted by Crippen LogP contribution is -2.13. The molecule has 2 heterocycles. The van der Waals surface area contributed by atoms with E-state index in [1.807, 2.05) is 12.1 Å². The third-order valence-electron chi connectivity index (χ3n) is 4.00. The number of benzene rings is 2. The van der Waals surface area contributed by atoms with Crippen LogP contribution in [-0.2, 0) is 11.2 Å². The zero-order valence-corrected chi connectivity index (χ0v) is 16.7. The van der Waals surface area contributed by atoms with Crippen molar-refractivity contribution in [2.75, 3.05) is 23.2 Å². The maximum Gasteiger partial charge on any atom is 0.234 e. The Kier molecular flexibility index (Phi) is 5.63. The second kappa shape index (κ2) is 8.49. The highest BCUT2D eigenvalue weighted by atomic mass is 32.2. The number of aromatic nitrogens is 2. The first kappa shape index (κ1) is 18.6. The van der Waals surface area contributed by atoms with Crippen molar-refractivity contribution in [1.82, 2.24) is 10.2 Å². The number of thioether (sulfide) groups is 1. The third-order valence-corrected chi connectivity index (χ3v) is 5.97. The molecule has 0 radical (unpaired) electrons. The highest BCUT2D eigenvalue weighted by Crippen LogP contribution is 2.34. The monoisotopic (exact) mass is 414 g/mol. The quantitative estimate of drug-likeness (QED) is 0.557. The summed E-state index contributed by atoms with van der Waals surface area (Å²) in [4.78, 5) is 12.2. The van der Waals surface area contributed by atoms with Gasteiger partial charge in [0.15, 0.2) is 15.8 Å². The fraction of sp³-hybridized carbons (Fsp3) is 0.211. The molecular formula is C19H18N4O3S2. The average molecular weight is 415 g/mol. The van der Waals surface area contributed by atoms with Crippen LogP contribution in [0.5, 0.6) is 11.5 Å². The Morgan fingerprint density at radius 3 is 2.71 bits per heavy atom. The van der Waals surface area contributed by atoms with Gasteiger partial charge in [-0.25, -0.2) is 0 Å². The van der Waals surface area contributed by atoms with Crippen LogP contribution in [0.15, 0.2) is 46.8 Å². The number of ether oxygens (including phenoxy) is 2. The Morgan fingerprint density at radius 2 is 1.89 bits per heavy atom. The van der Waals surface area contributed by atoms with Gasteiger partial charge < -0.3 is 20.1 Å². The van der Waals surface area contributed by atoms with Crippen LogP contribution in [0.2, 0.25) is 0 Å². The predicted molar refractivity (Wildman–Crippen MR) is 111 cm³/mol. The van der Waals surface area contributed by atoms with E-state index in [0.717, 1.165) is 16.4 Å². The minimum atomic E-state index is -0.122. The molecule has 28 heavy (non-hydrogen) atoms. The van der Waals surface area contributed by atoms with Crippen molar-refractivity contribution in [2.45, 2.75) is 17.7 Å². The van der Waals surface area contributed by atoms with Gasteiger partial charge in [-0.3, -0.25) is 4.79 Å². The minimum Gasteiger partial charge on any atom is -0.454 e. The van der Waals surface area contributed by atoms with E-state index in [1.54, 1.807) is 18.2 Å². The van der Waals surface area contributed by atoms with Gasteiger partial charge in [0, 0.05) is 17.4 Å². The molecule has 9 heteroatoms. The first-order valence-electron chi connectivity index (χ1n) is 8.71. The van der Waals surface area contributed by atoms with E-state index in [9.17, 15) is 4.79 Å². The molecule has 1 amide bonds. The molecule has 3 aromatic rings. The van der Waals surface area contributed by atoms with Crippen molar-refractivity contribution in [1.29, 1.82) is 0 Å². The SMILES string of the molecule is CCc1ccc(Nc2nnc(SCC(=O)Nc3ccc4c(c3)OCO4)s2)cc1. The number of fused-ring (bicyclic) bond motifs is 1. The van der Waals surface area contributed by atoms with Gasteiger partial charge in [-0.2, -0.15) is 0 Å². The lowest BCUT2D eigenvalue weighted by Gasteiger charge is -2.05. The summed E-state index contributed by atoms with van der Waals surface area (Å²) >= 11 is 2.76. The second-order valence-corrected chi connectivity index (χ2v) is 8.15. The number of hydrogen-bond acceptors (Lipinski definition) is 8. The molecule has 0 spiro atoms. The fourth-order valence-corrected chi connectivity index (χ4v) is 4.14. The molecule has 7 nitrogen and oxygen atoms in total. The zero-order valence-electron chi connectivity index (χ0n) is 15.1. The molecule has 1 aliphatic heterocycles. The van der Waals surface area contributed by atoms with E-state index in [2.05, 4.69) is 39.9 Å². The van der Waals surface area contributed by atoms with Gasteiger partial charge in [-0.1, -0.05) is 42.2 Å². The first-order chi connectivity index (χ1) is 13.7. The summed E-state index contributed by atoms with van der Waals surface area (Å²) in [5.41, 5.74) is 2.92. The number of amides is 1. The minimum absolute atomic E-state index is 0.122. The van der Waals surface area contributed by atoms with Crippen LogP contribution in [0.1, 0.15) is 12.5 Å². The van der Waals surface area contributed by atoms with Crippen LogP contribution in [-0.4, -0.2) is 28.7 Å². The smallest absolute Gasteiger partial charge is 0.234 e. The molecule has 0 unspecified atom stereocenters. The van der Waals surface area contributed by atoms with Crippen LogP contribution in [0, 0.1) is 0 Å². The second-order valence-electron chi connectivity index (χ2n) is 5.95. The van der Waals surface area contributed by atoms with Gasteiger partial charge >= 0.3 is 0 Å². The van der Waals surface area contributed by atoms with Gasteiger partial charge in [0.1, 0.15) is 0 Å². The maximum absolute atomic E-state index is 12.2. The molecule has 0 atom stereocenters. The molecule has 1 aliphatic rings. The number of anilines is 3. The van der Waals surface area contributed by atoms with Gasteiger partial charge in [0.25, 0.3) is 0 Å². The van der Waals surface area contributed by atoms with E-state index in [4.69, 9.17) is 9.47 Å². The average Bonchev–Trinajstić information content (AvgIpc) is 3.36. The van der Waals surface area contributed by atoms with Crippen LogP contribution >= 0.6 is 23.1 Å². The predicted octanol–water partition coefficient (Wildman–Crippen LogP) is 4.30. The molecule has 144 valence electrons. The number of nitrogens with zero attached hydrogens (tertiary/aromatic N) is 2. The largest absolute Gasteiger partial charge is 0.454 e. The summed E-state index contributed by atoms with van der Waals surface area (Å²) in [6, 6.07) is 13.5. The van der Waals surface area contributed by atoms with Crippen molar-refractivity contribution in [3.8, 4) is 11.5 Å². The Balaban J connectivity index is 1.28. The number of aryl methyl sites for hydroxylation is 1. The molecule has 0 saturated carbocycles. The van der Waals surface area contributed by atoms with E-state index in [1.165, 1.54) is 28.7 Å².